The molecule has 0 saturated heterocycles. The Morgan fingerprint density at radius 3 is 3.10 bits per heavy atom. The summed E-state index contributed by atoms with van der Waals surface area (Å²) in [5.74, 6) is 0.724. The molecule has 0 unspecified atom stereocenters. The fourth-order valence-electron chi connectivity index (χ4n) is 0.812. The molecule has 0 fully saturated rings. The third kappa shape index (κ3) is 1.47. The summed E-state index contributed by atoms with van der Waals surface area (Å²) in [6.07, 6.45) is 6.35. The molecule has 0 aliphatic rings. The number of rotatable bonds is 2. The molecule has 54 valence electrons. The summed E-state index contributed by atoms with van der Waals surface area (Å²) in [6.45, 7) is 4.09. The average molecular weight is 137 g/mol. The summed E-state index contributed by atoms with van der Waals surface area (Å²) in [4.78, 5) is 4.00. The van der Waals surface area contributed by atoms with Crippen molar-refractivity contribution in [3.05, 3.63) is 24.4 Å². The van der Waals surface area contributed by atoms with Crippen molar-refractivity contribution in [2.24, 2.45) is 0 Å². The van der Waals surface area contributed by atoms with Gasteiger partial charge >= 0.3 is 0 Å². The molecule has 0 saturated carbocycles. The molecule has 0 radical (unpaired) electrons. The monoisotopic (exact) mass is 137 g/mol. The van der Waals surface area contributed by atoms with Crippen LogP contribution in [0.15, 0.2) is 23.0 Å². The summed E-state index contributed by atoms with van der Waals surface area (Å²) in [5.41, 5.74) is 1.10. The minimum absolute atomic E-state index is 0.724. The van der Waals surface area contributed by atoms with Crippen LogP contribution in [0.1, 0.15) is 26.2 Å². The van der Waals surface area contributed by atoms with Crippen molar-refractivity contribution in [3.8, 4) is 0 Å². The number of allylic oxidation sites excluding steroid dienone is 2. The first-order valence-electron chi connectivity index (χ1n) is 3.41. The van der Waals surface area contributed by atoms with Gasteiger partial charge in [0.25, 0.3) is 0 Å². The molecule has 0 spiro atoms. The highest BCUT2D eigenvalue weighted by Gasteiger charge is 1.96. The van der Waals surface area contributed by atoms with E-state index in [9.17, 15) is 0 Å². The largest absolute Gasteiger partial charge is 0.445 e. The van der Waals surface area contributed by atoms with Gasteiger partial charge in [0, 0.05) is 5.57 Å². The number of hydrogen-bond acceptors (Lipinski definition) is 2. The Balaban J connectivity index is 2.77. The Hall–Kier alpha value is -1.05. The summed E-state index contributed by atoms with van der Waals surface area (Å²) >= 11 is 0. The summed E-state index contributed by atoms with van der Waals surface area (Å²) in [7, 11) is 0. The highest BCUT2D eigenvalue weighted by molar-refractivity contribution is 5.55. The number of aromatic nitrogens is 1. The zero-order valence-corrected chi connectivity index (χ0v) is 6.29. The highest BCUT2D eigenvalue weighted by Crippen LogP contribution is 2.10. The molecule has 1 rings (SSSR count). The van der Waals surface area contributed by atoms with Gasteiger partial charge in [-0.1, -0.05) is 13.0 Å². The second kappa shape index (κ2) is 3.20. The van der Waals surface area contributed by atoms with Crippen LogP contribution < -0.4 is 0 Å². The van der Waals surface area contributed by atoms with Gasteiger partial charge in [-0.2, -0.15) is 0 Å². The van der Waals surface area contributed by atoms with Crippen LogP contribution in [0, 0.1) is 0 Å². The quantitative estimate of drug-likeness (QED) is 0.625. The lowest BCUT2D eigenvalue weighted by atomic mass is 10.2. The van der Waals surface area contributed by atoms with E-state index in [1.807, 2.05) is 6.92 Å². The van der Waals surface area contributed by atoms with Crippen LogP contribution in [-0.2, 0) is 0 Å². The molecular weight excluding hydrogens is 126 g/mol. The predicted molar refractivity (Wildman–Crippen MR) is 40.4 cm³/mol. The minimum atomic E-state index is 0.724. The number of nitrogens with zero attached hydrogens (tertiary/aromatic N) is 1. The van der Waals surface area contributed by atoms with Gasteiger partial charge in [0.2, 0.25) is 5.89 Å². The van der Waals surface area contributed by atoms with Crippen molar-refractivity contribution in [1.29, 1.82) is 0 Å². The molecular formula is C8H11NO. The fraction of sp³-hybridized carbons (Fsp3) is 0.375. The van der Waals surface area contributed by atoms with Gasteiger partial charge in [0.15, 0.2) is 0 Å². The molecule has 2 nitrogen and oxygen atoms in total. The standard InChI is InChI=1S/C8H11NO/c1-3-4-7(2)8-9-5-6-10-8/h4-6H,3H2,1-2H3/b7-4-. The van der Waals surface area contributed by atoms with Crippen LogP contribution in [0.2, 0.25) is 0 Å². The van der Waals surface area contributed by atoms with Crippen LogP contribution in [0.3, 0.4) is 0 Å². The number of hydrogen-bond donors (Lipinski definition) is 0. The van der Waals surface area contributed by atoms with E-state index in [4.69, 9.17) is 4.42 Å². The van der Waals surface area contributed by atoms with Crippen molar-refractivity contribution in [2.75, 3.05) is 0 Å². The Bertz CT molecular complexity index is 211. The molecule has 0 amide bonds. The predicted octanol–water partition coefficient (Wildman–Crippen LogP) is 2.49. The van der Waals surface area contributed by atoms with Crippen molar-refractivity contribution < 1.29 is 4.42 Å². The van der Waals surface area contributed by atoms with Crippen LogP contribution >= 0.6 is 0 Å². The topological polar surface area (TPSA) is 26.0 Å². The Labute approximate surface area is 60.6 Å². The van der Waals surface area contributed by atoms with Crippen molar-refractivity contribution in [2.45, 2.75) is 20.3 Å². The van der Waals surface area contributed by atoms with Gasteiger partial charge in [0.1, 0.15) is 6.26 Å². The summed E-state index contributed by atoms with van der Waals surface area (Å²) < 4.78 is 5.07. The minimum Gasteiger partial charge on any atom is -0.445 e. The molecule has 0 aliphatic heterocycles. The van der Waals surface area contributed by atoms with E-state index >= 15 is 0 Å². The first-order chi connectivity index (χ1) is 4.84. The summed E-state index contributed by atoms with van der Waals surface area (Å²) in [5, 5.41) is 0. The Morgan fingerprint density at radius 2 is 2.60 bits per heavy atom. The molecule has 1 aromatic rings. The lowest BCUT2D eigenvalue weighted by Crippen LogP contribution is -1.76. The smallest absolute Gasteiger partial charge is 0.221 e. The third-order valence-electron chi connectivity index (χ3n) is 1.28. The SMILES string of the molecule is CC/C=C(/C)c1ncco1. The molecule has 1 aromatic heterocycles. The van der Waals surface area contributed by atoms with Gasteiger partial charge in [0.05, 0.1) is 6.20 Å². The van der Waals surface area contributed by atoms with Crippen molar-refractivity contribution in [1.82, 2.24) is 4.98 Å². The maximum atomic E-state index is 5.07. The van der Waals surface area contributed by atoms with Gasteiger partial charge in [-0.05, 0) is 13.3 Å². The van der Waals surface area contributed by atoms with Crippen LogP contribution in [0.25, 0.3) is 5.57 Å². The van der Waals surface area contributed by atoms with Gasteiger partial charge < -0.3 is 4.42 Å². The van der Waals surface area contributed by atoms with E-state index in [2.05, 4.69) is 18.0 Å². The van der Waals surface area contributed by atoms with Crippen LogP contribution in [-0.4, -0.2) is 4.98 Å². The third-order valence-corrected chi connectivity index (χ3v) is 1.28. The maximum absolute atomic E-state index is 5.07. The molecule has 0 aromatic carbocycles. The van der Waals surface area contributed by atoms with Crippen LogP contribution in [0.5, 0.6) is 0 Å². The van der Waals surface area contributed by atoms with Crippen molar-refractivity contribution in [3.63, 3.8) is 0 Å². The number of oxazole rings is 1. The second-order valence-corrected chi connectivity index (χ2v) is 2.13. The lowest BCUT2D eigenvalue weighted by molar-refractivity contribution is 0.541. The normalized spacial score (nSPS) is 12.0. The maximum Gasteiger partial charge on any atom is 0.221 e. The van der Waals surface area contributed by atoms with Crippen LogP contribution in [0.4, 0.5) is 0 Å². The van der Waals surface area contributed by atoms with E-state index < -0.39 is 0 Å². The molecule has 0 bridgehead atoms. The van der Waals surface area contributed by atoms with E-state index in [1.165, 1.54) is 0 Å². The first kappa shape index (κ1) is 7.06. The Morgan fingerprint density at radius 1 is 1.80 bits per heavy atom. The average Bonchev–Trinajstić information content (AvgIpc) is 2.38. The van der Waals surface area contributed by atoms with Gasteiger partial charge in [-0.3, -0.25) is 0 Å². The highest BCUT2D eigenvalue weighted by atomic mass is 16.3. The van der Waals surface area contributed by atoms with E-state index in [-0.39, 0.29) is 0 Å². The second-order valence-electron chi connectivity index (χ2n) is 2.13. The first-order valence-corrected chi connectivity index (χ1v) is 3.41. The molecule has 1 heterocycles. The van der Waals surface area contributed by atoms with E-state index in [1.54, 1.807) is 12.5 Å². The fourth-order valence-corrected chi connectivity index (χ4v) is 0.812. The van der Waals surface area contributed by atoms with Gasteiger partial charge in [-0.15, -0.1) is 0 Å². The molecule has 0 atom stereocenters. The molecule has 0 N–H and O–H groups in total. The zero-order valence-electron chi connectivity index (χ0n) is 6.29. The van der Waals surface area contributed by atoms with Gasteiger partial charge in [-0.25, -0.2) is 4.98 Å². The Kier molecular flexibility index (Phi) is 2.26. The summed E-state index contributed by atoms with van der Waals surface area (Å²) in [6, 6.07) is 0. The van der Waals surface area contributed by atoms with Crippen molar-refractivity contribution >= 4 is 5.57 Å². The molecule has 10 heavy (non-hydrogen) atoms. The van der Waals surface area contributed by atoms with E-state index in [0.717, 1.165) is 17.9 Å². The lowest BCUT2D eigenvalue weighted by Gasteiger charge is -1.90. The molecule has 0 aliphatic carbocycles. The molecule has 2 heteroatoms. The zero-order chi connectivity index (χ0) is 7.40. The van der Waals surface area contributed by atoms with E-state index in [0.29, 0.717) is 0 Å².